The van der Waals surface area contributed by atoms with Crippen LogP contribution in [0.1, 0.15) is 24.0 Å². The van der Waals surface area contributed by atoms with Crippen LogP contribution in [0.15, 0.2) is 119 Å². The van der Waals surface area contributed by atoms with Crippen molar-refractivity contribution in [2.75, 3.05) is 49.3 Å². The van der Waals surface area contributed by atoms with E-state index in [1.54, 1.807) is 0 Å². The van der Waals surface area contributed by atoms with E-state index in [1.165, 1.54) is 0 Å². The van der Waals surface area contributed by atoms with Crippen molar-refractivity contribution in [3.05, 3.63) is 120 Å². The van der Waals surface area contributed by atoms with Crippen molar-refractivity contribution in [3.8, 4) is 0 Å². The normalized spacial score (nSPS) is 17.7. The summed E-state index contributed by atoms with van der Waals surface area (Å²) in [5.41, 5.74) is 6.82. The van der Waals surface area contributed by atoms with E-state index < -0.39 is 0 Å². The zero-order valence-corrected chi connectivity index (χ0v) is 24.5. The third kappa shape index (κ3) is 5.82. The Kier molecular flexibility index (Phi) is 7.83. The summed E-state index contributed by atoms with van der Waals surface area (Å²) in [5.74, 6) is 0.0851. The smallest absolute Gasteiger partial charge is 0.234 e. The zero-order chi connectivity index (χ0) is 29.9. The lowest BCUT2D eigenvalue weighted by Crippen LogP contribution is -2.54. The van der Waals surface area contributed by atoms with Crippen LogP contribution in [-0.2, 0) is 9.59 Å². The number of nitrogens with zero attached hydrogens (tertiary/aromatic N) is 6. The minimum Gasteiger partial charge on any atom is -0.296 e. The van der Waals surface area contributed by atoms with Gasteiger partial charge in [0, 0.05) is 26.2 Å². The van der Waals surface area contributed by atoms with Gasteiger partial charge in [0.1, 0.15) is 0 Å². The molecular weight excluding hydrogens is 548 g/mol. The van der Waals surface area contributed by atoms with Gasteiger partial charge in [0.2, 0.25) is 11.8 Å². The van der Waals surface area contributed by atoms with Gasteiger partial charge in [-0.25, -0.2) is 0 Å². The zero-order valence-electron chi connectivity index (χ0n) is 24.5. The molecule has 8 heteroatoms. The molecule has 4 aromatic carbocycles. The van der Waals surface area contributed by atoms with E-state index in [0.717, 1.165) is 71.5 Å². The Labute approximate surface area is 257 Å². The van der Waals surface area contributed by atoms with Crippen molar-refractivity contribution in [2.45, 2.75) is 12.8 Å². The van der Waals surface area contributed by atoms with Crippen molar-refractivity contribution in [1.82, 2.24) is 9.80 Å². The fourth-order valence-electron chi connectivity index (χ4n) is 6.07. The Bertz CT molecular complexity index is 1600. The molecule has 0 saturated carbocycles. The molecule has 220 valence electrons. The van der Waals surface area contributed by atoms with Crippen LogP contribution >= 0.6 is 0 Å². The van der Waals surface area contributed by atoms with Gasteiger partial charge in [-0.1, -0.05) is 84.9 Å². The molecule has 0 aliphatic carbocycles. The van der Waals surface area contributed by atoms with Gasteiger partial charge < -0.3 is 0 Å². The molecule has 0 unspecified atom stereocenters. The molecule has 3 aliphatic heterocycles. The fourth-order valence-corrected chi connectivity index (χ4v) is 6.07. The van der Waals surface area contributed by atoms with Gasteiger partial charge >= 0.3 is 0 Å². The van der Waals surface area contributed by atoms with Crippen LogP contribution < -0.4 is 9.80 Å². The van der Waals surface area contributed by atoms with Crippen LogP contribution in [0.25, 0.3) is 0 Å². The molecule has 4 aromatic rings. The number of benzene rings is 4. The maximum absolute atomic E-state index is 13.6. The number of rotatable bonds is 6. The predicted molar refractivity (Wildman–Crippen MR) is 175 cm³/mol. The average molecular weight is 583 g/mol. The maximum atomic E-state index is 13.6. The molecule has 44 heavy (non-hydrogen) atoms. The molecule has 0 aromatic heterocycles. The van der Waals surface area contributed by atoms with E-state index in [-0.39, 0.29) is 24.7 Å². The van der Waals surface area contributed by atoms with Gasteiger partial charge in [0.25, 0.3) is 0 Å². The van der Waals surface area contributed by atoms with Crippen molar-refractivity contribution in [2.24, 2.45) is 9.98 Å². The highest BCUT2D eigenvalue weighted by Crippen LogP contribution is 2.34. The van der Waals surface area contributed by atoms with Crippen LogP contribution in [0, 0.1) is 0 Å². The molecule has 0 radical (unpaired) electrons. The largest absolute Gasteiger partial charge is 0.296 e. The van der Waals surface area contributed by atoms with Gasteiger partial charge in [0.05, 0.1) is 60.4 Å². The lowest BCUT2D eigenvalue weighted by Gasteiger charge is -2.39. The Morgan fingerprint density at radius 3 is 1.25 bits per heavy atom. The number of aliphatic imine (C=N–C) groups is 2. The monoisotopic (exact) mass is 582 g/mol. The molecule has 3 heterocycles. The quantitative estimate of drug-likeness (QED) is 0.295. The van der Waals surface area contributed by atoms with Crippen LogP contribution in [0.2, 0.25) is 0 Å². The Hall–Kier alpha value is -4.92. The number of piperazine rings is 1. The van der Waals surface area contributed by atoms with Crippen LogP contribution in [0.4, 0.5) is 22.7 Å². The minimum atomic E-state index is 0.0426. The van der Waals surface area contributed by atoms with Crippen molar-refractivity contribution in [3.63, 3.8) is 0 Å². The number of carbonyl (C=O) groups is 2. The van der Waals surface area contributed by atoms with Crippen molar-refractivity contribution in [1.29, 1.82) is 0 Å². The molecule has 1 saturated heterocycles. The van der Waals surface area contributed by atoms with E-state index in [1.807, 2.05) is 119 Å². The number of hydrogen-bond donors (Lipinski definition) is 0. The van der Waals surface area contributed by atoms with E-state index in [4.69, 9.17) is 9.98 Å². The Morgan fingerprint density at radius 1 is 0.477 bits per heavy atom. The molecule has 7 rings (SSSR count). The summed E-state index contributed by atoms with van der Waals surface area (Å²) < 4.78 is 0. The fraction of sp³-hybridized carbons (Fsp3) is 0.222. The first-order valence-corrected chi connectivity index (χ1v) is 15.1. The summed E-state index contributed by atoms with van der Waals surface area (Å²) in [6.07, 6.45) is 0.504. The van der Waals surface area contributed by atoms with Crippen LogP contribution in [-0.4, -0.2) is 72.6 Å². The molecule has 0 atom stereocenters. The highest BCUT2D eigenvalue weighted by Gasteiger charge is 2.30. The van der Waals surface area contributed by atoms with Crippen LogP contribution in [0.3, 0.4) is 0 Å². The second-order valence-corrected chi connectivity index (χ2v) is 11.3. The van der Waals surface area contributed by atoms with Gasteiger partial charge in [-0.2, -0.15) is 0 Å². The number of anilines is 2. The van der Waals surface area contributed by atoms with Gasteiger partial charge in [-0.15, -0.1) is 0 Å². The molecule has 3 aliphatic rings. The number of para-hydroxylation sites is 4. The van der Waals surface area contributed by atoms with E-state index in [0.29, 0.717) is 13.3 Å². The highest BCUT2D eigenvalue weighted by molar-refractivity contribution is 6.18. The lowest BCUT2D eigenvalue weighted by molar-refractivity contribution is -0.119. The summed E-state index contributed by atoms with van der Waals surface area (Å²) in [6.45, 7) is 4.14. The maximum Gasteiger partial charge on any atom is 0.234 e. The molecule has 0 bridgehead atoms. The second kappa shape index (κ2) is 12.4. The summed E-state index contributed by atoms with van der Waals surface area (Å²) in [6, 6.07) is 35.6. The van der Waals surface area contributed by atoms with Gasteiger partial charge in [-0.05, 0) is 35.4 Å². The molecule has 2 amide bonds. The predicted octanol–water partition coefficient (Wildman–Crippen LogP) is 5.63. The first-order chi connectivity index (χ1) is 21.6. The summed E-state index contributed by atoms with van der Waals surface area (Å²) in [7, 11) is 0. The summed E-state index contributed by atoms with van der Waals surface area (Å²) >= 11 is 0. The van der Waals surface area contributed by atoms with E-state index in [9.17, 15) is 9.59 Å². The Balaban J connectivity index is 1.03. The van der Waals surface area contributed by atoms with Crippen molar-refractivity contribution >= 4 is 46.0 Å². The topological polar surface area (TPSA) is 71.8 Å². The third-order valence-corrected chi connectivity index (χ3v) is 8.46. The van der Waals surface area contributed by atoms with Gasteiger partial charge in [0.15, 0.2) is 0 Å². The lowest BCUT2D eigenvalue weighted by atomic mass is 10.1. The highest BCUT2D eigenvalue weighted by atomic mass is 16.2. The Morgan fingerprint density at radius 2 is 0.841 bits per heavy atom. The molecule has 8 nitrogen and oxygen atoms in total. The third-order valence-electron chi connectivity index (χ3n) is 8.46. The molecule has 0 N–H and O–H groups in total. The number of fused-ring (bicyclic) bond motifs is 2. The van der Waals surface area contributed by atoms with E-state index >= 15 is 0 Å². The second-order valence-electron chi connectivity index (χ2n) is 11.3. The molecular formula is C36H34N6O2. The molecule has 0 spiro atoms. The van der Waals surface area contributed by atoms with Crippen LogP contribution in [0.5, 0.6) is 0 Å². The average Bonchev–Trinajstić information content (AvgIpc) is 3.30. The number of carbonyl (C=O) groups excluding carboxylic acids is 2. The SMILES string of the molecule is O=C1CC(c2ccccc2)=Nc2ccccc2N1CN1CCN(CN2C(=O)CC(c3ccccc3)=Nc3ccccc32)CC1. The van der Waals surface area contributed by atoms with Gasteiger partial charge in [-0.3, -0.25) is 39.2 Å². The number of amides is 2. The summed E-state index contributed by atoms with van der Waals surface area (Å²) in [4.78, 5) is 45.5. The number of hydrogen-bond acceptors (Lipinski definition) is 6. The standard InChI is InChI=1S/C36H34N6O2/c43-35-23-31(27-11-3-1-4-12-27)37-29-15-7-9-17-33(29)41(35)25-39-19-21-40(22-20-39)26-42-34-18-10-8-16-30(34)38-32(24-36(42)44)28-13-5-2-6-14-28/h1-18H,19-26H2. The summed E-state index contributed by atoms with van der Waals surface area (Å²) in [5, 5.41) is 0. The van der Waals surface area contributed by atoms with E-state index in [2.05, 4.69) is 9.80 Å². The van der Waals surface area contributed by atoms with Crippen molar-refractivity contribution < 1.29 is 9.59 Å². The first-order valence-electron chi connectivity index (χ1n) is 15.1. The first kappa shape index (κ1) is 27.9. The minimum absolute atomic E-state index is 0.0426. The molecule has 1 fully saturated rings.